The Balaban J connectivity index is 1.74. The van der Waals surface area contributed by atoms with Crippen molar-refractivity contribution in [1.29, 1.82) is 0 Å². The molecule has 1 atom stereocenters. The highest BCUT2D eigenvalue weighted by Gasteiger charge is 2.40. The third kappa shape index (κ3) is 5.30. The molecular formula is C30H36N4O5S. The first-order chi connectivity index (χ1) is 19.1. The van der Waals surface area contributed by atoms with Gasteiger partial charge in [-0.15, -0.1) is 11.8 Å². The molecule has 5 rings (SSSR count). The summed E-state index contributed by atoms with van der Waals surface area (Å²) < 4.78 is 18.2. The first-order valence-electron chi connectivity index (χ1n) is 13.4. The summed E-state index contributed by atoms with van der Waals surface area (Å²) in [6.07, 6.45) is 0. The zero-order chi connectivity index (χ0) is 28.6. The molecular weight excluding hydrogens is 528 g/mol. The van der Waals surface area contributed by atoms with Crippen LogP contribution < -0.4 is 19.7 Å². The third-order valence-corrected chi connectivity index (χ3v) is 8.49. The summed E-state index contributed by atoms with van der Waals surface area (Å²) in [5, 5.41) is 7.84. The molecule has 0 saturated carbocycles. The molecule has 0 fully saturated rings. The smallest absolute Gasteiger partial charge is 0.240 e. The fourth-order valence-corrected chi connectivity index (χ4v) is 6.23. The van der Waals surface area contributed by atoms with E-state index in [1.54, 1.807) is 12.0 Å². The average Bonchev–Trinajstić information content (AvgIpc) is 3.51. The van der Waals surface area contributed by atoms with Crippen molar-refractivity contribution in [2.45, 2.75) is 45.3 Å². The number of hydrogen-bond acceptors (Lipinski definition) is 7. The van der Waals surface area contributed by atoms with E-state index >= 15 is 0 Å². The van der Waals surface area contributed by atoms with Crippen molar-refractivity contribution in [3.8, 4) is 17.2 Å². The zero-order valence-corrected chi connectivity index (χ0v) is 24.7. The molecule has 10 heteroatoms. The number of carbonyl (C=O) groups excluding carboxylic acids is 2. The van der Waals surface area contributed by atoms with Gasteiger partial charge in [-0.2, -0.15) is 5.10 Å². The molecule has 0 saturated heterocycles. The molecule has 3 aromatic rings. The van der Waals surface area contributed by atoms with Crippen LogP contribution in [0.2, 0.25) is 0 Å². The summed E-state index contributed by atoms with van der Waals surface area (Å²) in [6.45, 7) is 11.3. The first-order valence-corrected chi connectivity index (χ1v) is 14.4. The quantitative estimate of drug-likeness (QED) is 0.424. The number of carbonyl (C=O) groups is 2. The number of rotatable bonds is 7. The summed E-state index contributed by atoms with van der Waals surface area (Å²) in [5.74, 6) is 1.81. The molecule has 1 N–H and O–H groups in total. The second-order valence-corrected chi connectivity index (χ2v) is 12.2. The number of aryl methyl sites for hydroxylation is 1. The van der Waals surface area contributed by atoms with Gasteiger partial charge in [-0.05, 0) is 48.7 Å². The largest absolute Gasteiger partial charge is 0.454 e. The SMILES string of the molecule is COCCNC(=O)CN1C(=O)CS[C@H](c2ccc3c(c2)OCO3)c2c(C(C)(C)C)nn(-c3cccc(C)c3C)c21. The number of aromatic nitrogens is 2. The van der Waals surface area contributed by atoms with E-state index in [1.807, 2.05) is 35.0 Å². The minimum absolute atomic E-state index is 0.121. The Kier molecular flexibility index (Phi) is 7.83. The van der Waals surface area contributed by atoms with E-state index in [9.17, 15) is 9.59 Å². The minimum Gasteiger partial charge on any atom is -0.454 e. The van der Waals surface area contributed by atoms with Gasteiger partial charge in [-0.3, -0.25) is 14.5 Å². The van der Waals surface area contributed by atoms with Crippen LogP contribution in [0, 0.1) is 13.8 Å². The summed E-state index contributed by atoms with van der Waals surface area (Å²) in [7, 11) is 1.58. The van der Waals surface area contributed by atoms with E-state index in [0.717, 1.165) is 33.6 Å². The highest BCUT2D eigenvalue weighted by Crippen LogP contribution is 2.50. The molecule has 0 aliphatic carbocycles. The lowest BCUT2D eigenvalue weighted by atomic mass is 9.87. The number of anilines is 1. The van der Waals surface area contributed by atoms with Gasteiger partial charge in [-0.25, -0.2) is 4.68 Å². The van der Waals surface area contributed by atoms with Gasteiger partial charge in [-0.1, -0.05) is 39.0 Å². The van der Waals surface area contributed by atoms with E-state index in [2.05, 4.69) is 46.0 Å². The molecule has 3 heterocycles. The van der Waals surface area contributed by atoms with E-state index in [4.69, 9.17) is 19.3 Å². The fourth-order valence-electron chi connectivity index (χ4n) is 5.04. The van der Waals surface area contributed by atoms with Gasteiger partial charge in [0.15, 0.2) is 11.5 Å². The Morgan fingerprint density at radius 3 is 2.70 bits per heavy atom. The number of fused-ring (bicyclic) bond motifs is 2. The predicted octanol–water partition coefficient (Wildman–Crippen LogP) is 4.45. The summed E-state index contributed by atoms with van der Waals surface area (Å²) >= 11 is 1.54. The maximum absolute atomic E-state index is 13.8. The van der Waals surface area contributed by atoms with Crippen molar-refractivity contribution >= 4 is 29.4 Å². The van der Waals surface area contributed by atoms with Gasteiger partial charge in [0.05, 0.1) is 29.0 Å². The van der Waals surface area contributed by atoms with Gasteiger partial charge < -0.3 is 19.5 Å². The Morgan fingerprint density at radius 2 is 1.95 bits per heavy atom. The lowest BCUT2D eigenvalue weighted by molar-refractivity contribution is -0.123. The van der Waals surface area contributed by atoms with Crippen molar-refractivity contribution in [2.75, 3.05) is 44.3 Å². The second kappa shape index (κ2) is 11.2. The predicted molar refractivity (Wildman–Crippen MR) is 156 cm³/mol. The molecule has 0 bridgehead atoms. The Bertz CT molecular complexity index is 1440. The minimum atomic E-state index is -0.345. The molecule has 0 spiro atoms. The van der Waals surface area contributed by atoms with Crippen LogP contribution in [-0.2, 0) is 19.7 Å². The van der Waals surface area contributed by atoms with Gasteiger partial charge in [0.1, 0.15) is 12.4 Å². The number of amides is 2. The fraction of sp³-hybridized carbons (Fsp3) is 0.433. The Morgan fingerprint density at radius 1 is 1.18 bits per heavy atom. The molecule has 2 aromatic carbocycles. The summed E-state index contributed by atoms with van der Waals surface area (Å²) in [5.41, 5.74) is 5.49. The van der Waals surface area contributed by atoms with Gasteiger partial charge >= 0.3 is 0 Å². The van der Waals surface area contributed by atoms with Gasteiger partial charge in [0, 0.05) is 24.6 Å². The van der Waals surface area contributed by atoms with Crippen LogP contribution in [-0.4, -0.2) is 60.9 Å². The molecule has 9 nitrogen and oxygen atoms in total. The molecule has 2 aliphatic heterocycles. The molecule has 0 radical (unpaired) electrons. The monoisotopic (exact) mass is 564 g/mol. The van der Waals surface area contributed by atoms with Crippen LogP contribution in [0.3, 0.4) is 0 Å². The van der Waals surface area contributed by atoms with E-state index in [-0.39, 0.29) is 41.6 Å². The van der Waals surface area contributed by atoms with E-state index < -0.39 is 0 Å². The standard InChI is InChI=1S/C30H36N4O5S/c1-18-8-7-9-21(19(18)2)34-29-26(28(32-34)30(3,4)5)27(20-10-11-22-23(14-20)39-17-38-22)40-16-25(36)33(29)15-24(35)31-12-13-37-6/h7-11,14,27H,12-13,15-17H2,1-6H3,(H,31,35)/t27-/m1/s1. The van der Waals surface area contributed by atoms with Gasteiger partial charge in [0.25, 0.3) is 0 Å². The molecule has 1 aromatic heterocycles. The molecule has 212 valence electrons. The number of hydrogen-bond donors (Lipinski definition) is 1. The first kappa shape index (κ1) is 28.0. The number of nitrogens with zero attached hydrogens (tertiary/aromatic N) is 3. The van der Waals surface area contributed by atoms with Crippen LogP contribution in [0.25, 0.3) is 5.69 Å². The molecule has 0 unspecified atom stereocenters. The summed E-state index contributed by atoms with van der Waals surface area (Å²) in [4.78, 5) is 28.5. The van der Waals surface area contributed by atoms with Crippen molar-refractivity contribution in [3.05, 3.63) is 64.3 Å². The number of benzene rings is 2. The lowest BCUT2D eigenvalue weighted by Crippen LogP contribution is -2.43. The van der Waals surface area contributed by atoms with Crippen LogP contribution in [0.1, 0.15) is 54.0 Å². The molecule has 2 aliphatic rings. The van der Waals surface area contributed by atoms with Crippen molar-refractivity contribution < 1.29 is 23.8 Å². The Hall–Kier alpha value is -3.50. The van der Waals surface area contributed by atoms with Crippen molar-refractivity contribution in [2.24, 2.45) is 0 Å². The number of nitrogens with one attached hydrogen (secondary N) is 1. The maximum atomic E-state index is 13.8. The highest BCUT2D eigenvalue weighted by atomic mass is 32.2. The summed E-state index contributed by atoms with van der Waals surface area (Å²) in [6, 6.07) is 12.0. The van der Waals surface area contributed by atoms with Gasteiger partial charge in [0.2, 0.25) is 18.6 Å². The topological polar surface area (TPSA) is 94.9 Å². The highest BCUT2D eigenvalue weighted by molar-refractivity contribution is 8.00. The maximum Gasteiger partial charge on any atom is 0.240 e. The van der Waals surface area contributed by atoms with E-state index in [1.165, 1.54) is 11.8 Å². The normalized spacial score (nSPS) is 16.6. The Labute approximate surface area is 239 Å². The average molecular weight is 565 g/mol. The third-order valence-electron chi connectivity index (χ3n) is 7.23. The van der Waals surface area contributed by atoms with E-state index in [0.29, 0.717) is 30.5 Å². The number of methoxy groups -OCH3 is 1. The number of thioether (sulfide) groups is 1. The van der Waals surface area contributed by atoms with Crippen LogP contribution in [0.15, 0.2) is 36.4 Å². The molecule has 2 amide bonds. The second-order valence-electron chi connectivity index (χ2n) is 11.1. The van der Waals surface area contributed by atoms with Crippen molar-refractivity contribution in [3.63, 3.8) is 0 Å². The van der Waals surface area contributed by atoms with Crippen LogP contribution >= 0.6 is 11.8 Å². The zero-order valence-electron chi connectivity index (χ0n) is 23.9. The van der Waals surface area contributed by atoms with Crippen LogP contribution in [0.4, 0.5) is 5.82 Å². The van der Waals surface area contributed by atoms with Crippen molar-refractivity contribution in [1.82, 2.24) is 15.1 Å². The van der Waals surface area contributed by atoms with Crippen LogP contribution in [0.5, 0.6) is 11.5 Å². The number of ether oxygens (including phenoxy) is 3. The lowest BCUT2D eigenvalue weighted by Gasteiger charge is -2.25. The molecule has 40 heavy (non-hydrogen) atoms.